The molecule has 1 aromatic heterocycles. The largest absolute Gasteiger partial charge is 0.368 e. The molecule has 0 saturated carbocycles. The van der Waals surface area contributed by atoms with Crippen molar-refractivity contribution in [3.05, 3.63) is 34.1 Å². The number of aromatic nitrogens is 3. The number of hydrogen-bond donors (Lipinski definition) is 1. The Kier molecular flexibility index (Phi) is 3.08. The van der Waals surface area contributed by atoms with Gasteiger partial charge >= 0.3 is 0 Å². The Labute approximate surface area is 104 Å². The Hall–Kier alpha value is -1.53. The lowest BCUT2D eigenvalue weighted by Gasteiger charge is -2.04. The Morgan fingerprint density at radius 3 is 2.35 bits per heavy atom. The molecular formula is C9H4Cl2F2N4. The Balaban J connectivity index is 2.64. The molecule has 0 aliphatic carbocycles. The summed E-state index contributed by atoms with van der Waals surface area (Å²) in [7, 11) is 0. The number of benzene rings is 1. The Bertz CT molecular complexity index is 571. The third kappa shape index (κ3) is 2.42. The molecule has 0 radical (unpaired) electrons. The molecule has 1 heterocycles. The lowest BCUT2D eigenvalue weighted by molar-refractivity contribution is 0.602. The van der Waals surface area contributed by atoms with Crippen molar-refractivity contribution in [2.75, 3.05) is 5.73 Å². The maximum Gasteiger partial charge on any atom is 0.227 e. The van der Waals surface area contributed by atoms with E-state index in [2.05, 4.69) is 15.0 Å². The molecule has 0 aliphatic heterocycles. The van der Waals surface area contributed by atoms with Crippen LogP contribution in [0, 0.1) is 11.6 Å². The van der Waals surface area contributed by atoms with Crippen molar-refractivity contribution in [3.63, 3.8) is 0 Å². The van der Waals surface area contributed by atoms with Crippen molar-refractivity contribution in [2.24, 2.45) is 0 Å². The van der Waals surface area contributed by atoms with Gasteiger partial charge in [0, 0.05) is 0 Å². The van der Waals surface area contributed by atoms with Crippen molar-refractivity contribution < 1.29 is 8.78 Å². The minimum Gasteiger partial charge on any atom is -0.368 e. The number of nitrogens with two attached hydrogens (primary N) is 1. The van der Waals surface area contributed by atoms with Crippen LogP contribution in [0.15, 0.2) is 12.1 Å². The summed E-state index contributed by atoms with van der Waals surface area (Å²) in [6.45, 7) is 0. The molecular weight excluding hydrogens is 273 g/mol. The highest BCUT2D eigenvalue weighted by Crippen LogP contribution is 2.26. The van der Waals surface area contributed by atoms with E-state index in [1.54, 1.807) is 0 Å². The van der Waals surface area contributed by atoms with Crippen molar-refractivity contribution in [1.82, 2.24) is 15.0 Å². The second-order valence-corrected chi connectivity index (χ2v) is 3.78. The van der Waals surface area contributed by atoms with Gasteiger partial charge in [-0.05, 0) is 23.7 Å². The highest BCUT2D eigenvalue weighted by atomic mass is 35.5. The van der Waals surface area contributed by atoms with Gasteiger partial charge in [-0.3, -0.25) is 0 Å². The van der Waals surface area contributed by atoms with Gasteiger partial charge < -0.3 is 5.73 Å². The Morgan fingerprint density at radius 2 is 1.71 bits per heavy atom. The molecule has 0 fully saturated rings. The summed E-state index contributed by atoms with van der Waals surface area (Å²) in [5.74, 6) is -1.92. The number of nitrogen functional groups attached to an aromatic ring is 1. The SMILES string of the molecule is Nc1nc(Cl)nc(-c2cc(F)c(Cl)cc2F)n1. The average molecular weight is 277 g/mol. The summed E-state index contributed by atoms with van der Waals surface area (Å²) < 4.78 is 26.8. The molecule has 0 amide bonds. The van der Waals surface area contributed by atoms with Crippen LogP contribution < -0.4 is 5.73 Å². The van der Waals surface area contributed by atoms with E-state index in [-0.39, 0.29) is 27.6 Å². The molecule has 0 spiro atoms. The van der Waals surface area contributed by atoms with Gasteiger partial charge in [0.25, 0.3) is 0 Å². The van der Waals surface area contributed by atoms with Gasteiger partial charge in [-0.1, -0.05) is 11.6 Å². The zero-order chi connectivity index (χ0) is 12.6. The van der Waals surface area contributed by atoms with Crippen LogP contribution in [-0.4, -0.2) is 15.0 Å². The average Bonchev–Trinajstić information content (AvgIpc) is 2.22. The molecule has 0 saturated heterocycles. The smallest absolute Gasteiger partial charge is 0.227 e. The van der Waals surface area contributed by atoms with Gasteiger partial charge in [0.2, 0.25) is 11.2 Å². The van der Waals surface area contributed by atoms with Crippen LogP contribution in [-0.2, 0) is 0 Å². The first-order valence-electron chi connectivity index (χ1n) is 4.29. The second kappa shape index (κ2) is 4.38. The molecule has 2 rings (SSSR count). The van der Waals surface area contributed by atoms with E-state index in [9.17, 15) is 8.78 Å². The summed E-state index contributed by atoms with van der Waals surface area (Å²) in [5, 5.41) is -0.540. The zero-order valence-corrected chi connectivity index (χ0v) is 9.60. The number of anilines is 1. The highest BCUT2D eigenvalue weighted by Gasteiger charge is 2.14. The summed E-state index contributed by atoms with van der Waals surface area (Å²) >= 11 is 11.0. The molecule has 0 unspecified atom stereocenters. The minimum atomic E-state index is -0.793. The lowest BCUT2D eigenvalue weighted by Crippen LogP contribution is -2.01. The number of nitrogens with zero attached hydrogens (tertiary/aromatic N) is 3. The highest BCUT2D eigenvalue weighted by molar-refractivity contribution is 6.30. The number of hydrogen-bond acceptors (Lipinski definition) is 4. The third-order valence-electron chi connectivity index (χ3n) is 1.88. The topological polar surface area (TPSA) is 64.7 Å². The van der Waals surface area contributed by atoms with E-state index in [4.69, 9.17) is 28.9 Å². The quantitative estimate of drug-likeness (QED) is 0.814. The van der Waals surface area contributed by atoms with Crippen LogP contribution in [0.4, 0.5) is 14.7 Å². The fourth-order valence-electron chi connectivity index (χ4n) is 1.18. The number of rotatable bonds is 1. The first kappa shape index (κ1) is 11.9. The predicted octanol–water partition coefficient (Wildman–Crippen LogP) is 2.71. The second-order valence-electron chi connectivity index (χ2n) is 3.03. The van der Waals surface area contributed by atoms with E-state index in [0.717, 1.165) is 12.1 Å². The Morgan fingerprint density at radius 1 is 1.00 bits per heavy atom. The normalized spacial score (nSPS) is 10.6. The van der Waals surface area contributed by atoms with Crippen LogP contribution in [0.2, 0.25) is 10.3 Å². The van der Waals surface area contributed by atoms with Crippen molar-refractivity contribution in [3.8, 4) is 11.4 Å². The van der Waals surface area contributed by atoms with Crippen molar-refractivity contribution in [2.45, 2.75) is 0 Å². The van der Waals surface area contributed by atoms with E-state index in [1.165, 1.54) is 0 Å². The maximum absolute atomic E-state index is 13.5. The molecule has 4 nitrogen and oxygen atoms in total. The van der Waals surface area contributed by atoms with Gasteiger partial charge in [0.1, 0.15) is 11.6 Å². The van der Waals surface area contributed by atoms with Crippen LogP contribution in [0.1, 0.15) is 0 Å². The molecule has 0 aliphatic rings. The molecule has 2 aromatic rings. The molecule has 8 heteroatoms. The van der Waals surface area contributed by atoms with Gasteiger partial charge in [-0.2, -0.15) is 15.0 Å². The standard InChI is InChI=1S/C9H4Cl2F2N4/c10-4-2-5(12)3(1-6(4)13)7-15-8(11)17-9(14)16-7/h1-2H,(H2,14,15,16,17). The fourth-order valence-corrected chi connectivity index (χ4v) is 1.50. The predicted molar refractivity (Wildman–Crippen MR) is 59.6 cm³/mol. The van der Waals surface area contributed by atoms with Crippen LogP contribution in [0.3, 0.4) is 0 Å². The summed E-state index contributed by atoms with van der Waals surface area (Å²) in [5.41, 5.74) is 5.13. The van der Waals surface area contributed by atoms with Crippen molar-refractivity contribution in [1.29, 1.82) is 0 Å². The van der Waals surface area contributed by atoms with Gasteiger partial charge in [-0.25, -0.2) is 8.78 Å². The zero-order valence-electron chi connectivity index (χ0n) is 8.09. The summed E-state index contributed by atoms with van der Waals surface area (Å²) in [4.78, 5) is 10.8. The van der Waals surface area contributed by atoms with Crippen LogP contribution in [0.25, 0.3) is 11.4 Å². The van der Waals surface area contributed by atoms with E-state index >= 15 is 0 Å². The monoisotopic (exact) mass is 276 g/mol. The first-order valence-corrected chi connectivity index (χ1v) is 5.05. The molecule has 17 heavy (non-hydrogen) atoms. The third-order valence-corrected chi connectivity index (χ3v) is 2.33. The maximum atomic E-state index is 13.5. The molecule has 88 valence electrons. The fraction of sp³-hybridized carbons (Fsp3) is 0. The first-order chi connectivity index (χ1) is 7.97. The molecule has 2 N–H and O–H groups in total. The van der Waals surface area contributed by atoms with Gasteiger partial charge in [0.15, 0.2) is 5.82 Å². The molecule has 1 aromatic carbocycles. The van der Waals surface area contributed by atoms with Gasteiger partial charge in [0.05, 0.1) is 10.6 Å². The van der Waals surface area contributed by atoms with Crippen LogP contribution >= 0.6 is 23.2 Å². The molecule has 0 atom stereocenters. The van der Waals surface area contributed by atoms with Crippen molar-refractivity contribution >= 4 is 29.2 Å². The number of halogens is 4. The van der Waals surface area contributed by atoms with E-state index < -0.39 is 11.6 Å². The summed E-state index contributed by atoms with van der Waals surface area (Å²) in [6.07, 6.45) is 0. The van der Waals surface area contributed by atoms with Gasteiger partial charge in [-0.15, -0.1) is 0 Å². The van der Waals surface area contributed by atoms with E-state index in [0.29, 0.717) is 0 Å². The van der Waals surface area contributed by atoms with Crippen LogP contribution in [0.5, 0.6) is 0 Å². The van der Waals surface area contributed by atoms with E-state index in [1.807, 2.05) is 0 Å². The lowest BCUT2D eigenvalue weighted by atomic mass is 10.2. The summed E-state index contributed by atoms with van der Waals surface area (Å²) in [6, 6.07) is 1.68. The minimum absolute atomic E-state index is 0.157. The molecule has 0 bridgehead atoms.